The number of hydrazine groups is 2. The monoisotopic (exact) mass is 1250 g/mol. The molecule has 4 aromatic heterocycles. The van der Waals surface area contributed by atoms with Crippen molar-refractivity contribution >= 4 is 62.2 Å². The van der Waals surface area contributed by atoms with Crippen LogP contribution in [0.3, 0.4) is 0 Å². The third-order valence-corrected chi connectivity index (χ3v) is 17.6. The molecule has 3 aliphatic rings. The lowest BCUT2D eigenvalue weighted by Crippen LogP contribution is -2.41. The SMILES string of the molecule is COC(=O)C1=Nc2cc3c(-c4ccncc4)nn(C(c4ccccc4)(c4ccccc4)c4ccccc4)c3cc2C1.NNc1ccccc1.O=C(NNC1=CCCC=C1)C1=Nc2cc3c(-c4ccncc4)nn(C(c4ccccc4)(c4ccccc4)c4ccccc4)c3cc2C1. The quantitative estimate of drug-likeness (QED) is 0.0332. The molecule has 0 unspecified atom stereocenters. The highest BCUT2D eigenvalue weighted by Gasteiger charge is 2.43. The van der Waals surface area contributed by atoms with Gasteiger partial charge in [0, 0.05) is 70.9 Å². The maximum absolute atomic E-state index is 13.3. The Morgan fingerprint density at radius 1 is 0.469 bits per heavy atom. The van der Waals surface area contributed by atoms with Gasteiger partial charge < -0.3 is 10.2 Å². The molecule has 13 aromatic rings. The predicted molar refractivity (Wildman–Crippen MR) is 381 cm³/mol. The average molecular weight is 1260 g/mol. The molecule has 2 aliphatic heterocycles. The second-order valence-corrected chi connectivity index (χ2v) is 23.3. The Bertz CT molecular complexity index is 4840. The molecule has 468 valence electrons. The Morgan fingerprint density at radius 2 is 0.844 bits per heavy atom. The number of hydrogen-bond acceptors (Lipinski definition) is 12. The fraction of sp³-hybridized carbons (Fsp3) is 0.0864. The Hall–Kier alpha value is -12.5. The van der Waals surface area contributed by atoms with Crippen LogP contribution in [0.4, 0.5) is 17.1 Å². The summed E-state index contributed by atoms with van der Waals surface area (Å²) in [5, 5.41) is 12.8. The van der Waals surface area contributed by atoms with Crippen molar-refractivity contribution in [2.45, 2.75) is 36.8 Å². The maximum atomic E-state index is 13.3. The van der Waals surface area contributed by atoms with E-state index in [2.05, 4.69) is 217 Å². The molecular formula is C81H66N12O3. The number of pyridine rings is 2. The second kappa shape index (κ2) is 27.4. The fourth-order valence-electron chi connectivity index (χ4n) is 13.2. The van der Waals surface area contributed by atoms with E-state index in [-0.39, 0.29) is 5.91 Å². The van der Waals surface area contributed by atoms with E-state index < -0.39 is 17.0 Å². The van der Waals surface area contributed by atoms with Gasteiger partial charge in [0.05, 0.1) is 29.5 Å². The number of para-hydroxylation sites is 1. The summed E-state index contributed by atoms with van der Waals surface area (Å²) in [6.07, 6.45) is 16.0. The summed E-state index contributed by atoms with van der Waals surface area (Å²) in [7, 11) is 1.39. The van der Waals surface area contributed by atoms with Crippen LogP contribution < -0.4 is 22.1 Å². The van der Waals surface area contributed by atoms with E-state index in [1.165, 1.54) is 7.11 Å². The van der Waals surface area contributed by atoms with Gasteiger partial charge in [-0.2, -0.15) is 10.2 Å². The number of nitrogen functional groups attached to an aromatic ring is 1. The van der Waals surface area contributed by atoms with Gasteiger partial charge in [0.2, 0.25) is 0 Å². The van der Waals surface area contributed by atoms with Crippen molar-refractivity contribution in [2.75, 3.05) is 12.5 Å². The van der Waals surface area contributed by atoms with Crippen molar-refractivity contribution < 1.29 is 14.3 Å². The lowest BCUT2D eigenvalue weighted by molar-refractivity contribution is -0.132. The minimum Gasteiger partial charge on any atom is -0.465 e. The Labute approximate surface area is 555 Å². The van der Waals surface area contributed by atoms with E-state index in [0.29, 0.717) is 24.3 Å². The Balaban J connectivity index is 0.000000149. The summed E-state index contributed by atoms with van der Waals surface area (Å²) >= 11 is 0. The van der Waals surface area contributed by atoms with Gasteiger partial charge in [-0.15, -0.1) is 0 Å². The molecule has 16 rings (SSSR count). The van der Waals surface area contributed by atoms with Crippen LogP contribution in [0.25, 0.3) is 44.3 Å². The molecule has 0 saturated carbocycles. The van der Waals surface area contributed by atoms with Crippen LogP contribution in [-0.4, -0.2) is 59.9 Å². The summed E-state index contributed by atoms with van der Waals surface area (Å²) in [5.41, 5.74) is 24.9. The normalized spacial score (nSPS) is 13.0. The molecule has 0 spiro atoms. The van der Waals surface area contributed by atoms with Crippen LogP contribution in [0.2, 0.25) is 0 Å². The van der Waals surface area contributed by atoms with Crippen molar-refractivity contribution in [3.05, 3.63) is 354 Å². The molecule has 0 fully saturated rings. The van der Waals surface area contributed by atoms with Crippen molar-refractivity contribution in [2.24, 2.45) is 15.8 Å². The summed E-state index contributed by atoms with van der Waals surface area (Å²) < 4.78 is 9.31. The van der Waals surface area contributed by atoms with Crippen molar-refractivity contribution in [3.8, 4) is 22.5 Å². The van der Waals surface area contributed by atoms with Crippen molar-refractivity contribution in [1.82, 2.24) is 40.4 Å². The molecule has 1 amide bonds. The fourth-order valence-corrected chi connectivity index (χ4v) is 13.2. The minimum atomic E-state index is -0.813. The minimum absolute atomic E-state index is 0.242. The highest BCUT2D eigenvalue weighted by atomic mass is 16.5. The summed E-state index contributed by atoms with van der Waals surface area (Å²) in [6, 6.07) is 89.0. The van der Waals surface area contributed by atoms with E-state index >= 15 is 0 Å². The third-order valence-electron chi connectivity index (χ3n) is 17.6. The first-order chi connectivity index (χ1) is 47.3. The molecule has 5 N–H and O–H groups in total. The van der Waals surface area contributed by atoms with Crippen LogP contribution in [0, 0.1) is 0 Å². The van der Waals surface area contributed by atoms with E-state index in [1.54, 1.807) is 24.8 Å². The smallest absolute Gasteiger partial charge is 0.352 e. The van der Waals surface area contributed by atoms with Crippen LogP contribution >= 0.6 is 0 Å². The van der Waals surface area contributed by atoms with E-state index in [9.17, 15) is 9.59 Å². The number of carbonyl (C=O) groups is 2. The summed E-state index contributed by atoms with van der Waals surface area (Å²) in [5.74, 6) is 4.45. The Morgan fingerprint density at radius 3 is 1.20 bits per heavy atom. The number of aromatic nitrogens is 6. The van der Waals surface area contributed by atoms with Gasteiger partial charge in [0.15, 0.2) is 0 Å². The number of benzene rings is 9. The largest absolute Gasteiger partial charge is 0.465 e. The topological polar surface area (TPSA) is 192 Å². The molecule has 0 bridgehead atoms. The van der Waals surface area contributed by atoms with Crippen LogP contribution in [-0.2, 0) is 38.2 Å². The highest BCUT2D eigenvalue weighted by molar-refractivity contribution is 6.41. The lowest BCUT2D eigenvalue weighted by Gasteiger charge is -2.37. The molecule has 0 radical (unpaired) electrons. The molecule has 15 heteroatoms. The average Bonchev–Trinajstić information content (AvgIpc) is 1.47. The lowest BCUT2D eigenvalue weighted by atomic mass is 9.77. The number of hydrogen-bond donors (Lipinski definition) is 4. The van der Waals surface area contributed by atoms with E-state index in [4.69, 9.17) is 25.8 Å². The number of aliphatic imine (C=N–C) groups is 2. The summed E-state index contributed by atoms with van der Waals surface area (Å²) in [4.78, 5) is 43.7. The molecule has 9 aromatic carbocycles. The first-order valence-corrected chi connectivity index (χ1v) is 31.8. The van der Waals surface area contributed by atoms with Crippen molar-refractivity contribution in [1.29, 1.82) is 0 Å². The van der Waals surface area contributed by atoms with Gasteiger partial charge in [-0.25, -0.2) is 24.1 Å². The molecule has 6 heterocycles. The van der Waals surface area contributed by atoms with Crippen LogP contribution in [0.15, 0.2) is 320 Å². The van der Waals surface area contributed by atoms with Crippen LogP contribution in [0.1, 0.15) is 57.3 Å². The van der Waals surface area contributed by atoms with Gasteiger partial charge in [-0.3, -0.25) is 31.5 Å². The molecule has 0 atom stereocenters. The zero-order chi connectivity index (χ0) is 65.3. The number of nitrogens with two attached hydrogens (primary N) is 1. The molecule has 1 aliphatic carbocycles. The predicted octanol–water partition coefficient (Wildman–Crippen LogP) is 15.1. The highest BCUT2D eigenvalue weighted by Crippen LogP contribution is 2.48. The number of nitrogens with zero attached hydrogens (tertiary/aromatic N) is 8. The molecule has 15 nitrogen and oxygen atoms in total. The number of anilines is 1. The van der Waals surface area contributed by atoms with Crippen LogP contribution in [0.5, 0.6) is 0 Å². The number of fused-ring (bicyclic) bond motifs is 4. The standard InChI is InChI=1S/C40H32N6O.C35H26N4O2.C6H8N2/c47-39(44-43-33-19-11-4-12-20-33)36-25-29-26-37-34(27-35(29)42-36)38(28-21-23-41-24-22-28)45-46(37)40(30-13-5-1-6-14-30,31-15-7-2-8-16-31)32-17-9-3-10-18-32;1-41-34(40)31-21-25-22-32-29(23-30(25)37-31)33(24-17-19-36-20-18-24)38-39(32)35(26-11-5-2-6-12-26,27-13-7-3-8-14-27)28-15-9-4-10-16-28;7-8-6-4-2-1-3-5-6/h1-3,5-11,13-24,26-27,43H,4,12,25H2,(H,44,47);2-20,22-23H,21H2,1H3;1-5,8H,7H2. The van der Waals surface area contributed by atoms with Gasteiger partial charge in [0.1, 0.15) is 33.9 Å². The van der Waals surface area contributed by atoms with Gasteiger partial charge in [0.25, 0.3) is 5.91 Å². The number of carbonyl (C=O) groups excluding carboxylic acids is 2. The molecular weight excluding hydrogens is 1190 g/mol. The molecule has 0 saturated heterocycles. The van der Waals surface area contributed by atoms with Gasteiger partial charge >= 0.3 is 5.97 Å². The Kier molecular flexibility index (Phi) is 17.4. The number of amides is 1. The van der Waals surface area contributed by atoms with Crippen molar-refractivity contribution in [3.63, 3.8) is 0 Å². The number of esters is 1. The third kappa shape index (κ3) is 11.7. The van der Waals surface area contributed by atoms with E-state index in [1.807, 2.05) is 103 Å². The zero-order valence-corrected chi connectivity index (χ0v) is 52.6. The molecule has 96 heavy (non-hydrogen) atoms. The number of methoxy groups -OCH3 is 1. The number of nitrogens with one attached hydrogen (secondary N) is 3. The number of rotatable bonds is 15. The summed E-state index contributed by atoms with van der Waals surface area (Å²) in [6.45, 7) is 0. The van der Waals surface area contributed by atoms with Gasteiger partial charge in [-0.05, 0) is 124 Å². The maximum Gasteiger partial charge on any atom is 0.352 e. The first kappa shape index (κ1) is 61.1. The zero-order valence-electron chi connectivity index (χ0n) is 52.6. The number of ether oxygens (including phenoxy) is 1. The first-order valence-electron chi connectivity index (χ1n) is 31.8. The van der Waals surface area contributed by atoms with E-state index in [0.717, 1.165) is 124 Å². The number of allylic oxidation sites excluding steroid dienone is 3. The van der Waals surface area contributed by atoms with Gasteiger partial charge in [-0.1, -0.05) is 212 Å². The second-order valence-electron chi connectivity index (χ2n) is 23.3.